The van der Waals surface area contributed by atoms with Crippen molar-refractivity contribution in [2.45, 2.75) is 46.2 Å². The van der Waals surface area contributed by atoms with Gasteiger partial charge in [0, 0.05) is 23.6 Å². The lowest BCUT2D eigenvalue weighted by Gasteiger charge is -2.24. The molecule has 0 radical (unpaired) electrons. The summed E-state index contributed by atoms with van der Waals surface area (Å²) in [6.07, 6.45) is 0.711. The molecular weight excluding hydrogens is 402 g/mol. The van der Waals surface area contributed by atoms with E-state index in [1.165, 1.54) is 12.1 Å². The van der Waals surface area contributed by atoms with Crippen LogP contribution in [0.1, 0.15) is 34.1 Å². The molecule has 9 nitrogen and oxygen atoms in total. The van der Waals surface area contributed by atoms with Crippen molar-refractivity contribution >= 4 is 28.7 Å². The van der Waals surface area contributed by atoms with Crippen molar-refractivity contribution in [2.24, 2.45) is 5.92 Å². The highest BCUT2D eigenvalue weighted by Crippen LogP contribution is 2.19. The van der Waals surface area contributed by atoms with Gasteiger partial charge < -0.3 is 25.1 Å². The number of hydrogen-bond donors (Lipinski definition) is 3. The maximum atomic E-state index is 12.3. The summed E-state index contributed by atoms with van der Waals surface area (Å²) in [6.45, 7) is 6.90. The summed E-state index contributed by atoms with van der Waals surface area (Å²) in [6, 6.07) is 7.09. The zero-order valence-electron chi connectivity index (χ0n) is 18.2. The molecule has 2 rings (SSSR count). The molecule has 0 unspecified atom stereocenters. The van der Waals surface area contributed by atoms with Crippen molar-refractivity contribution in [2.75, 3.05) is 13.2 Å². The van der Waals surface area contributed by atoms with Gasteiger partial charge in [-0.3, -0.25) is 14.4 Å². The SMILES string of the molecule is CC[C@H](C)[C@H](NC(=O)CNC(=O)COc1ccc2ccc(=O)oc2c1)C(=O)NC(C)C. The van der Waals surface area contributed by atoms with E-state index in [9.17, 15) is 19.2 Å². The largest absolute Gasteiger partial charge is 0.484 e. The number of carbonyl (C=O) groups excluding carboxylic acids is 3. The molecule has 3 amide bonds. The number of nitrogens with one attached hydrogen (secondary N) is 3. The average Bonchev–Trinajstić information content (AvgIpc) is 2.73. The first kappa shape index (κ1) is 23.9. The summed E-state index contributed by atoms with van der Waals surface area (Å²) in [7, 11) is 0. The number of benzene rings is 1. The van der Waals surface area contributed by atoms with E-state index in [-0.39, 0.29) is 31.0 Å². The Morgan fingerprint density at radius 3 is 2.42 bits per heavy atom. The van der Waals surface area contributed by atoms with Gasteiger partial charge in [-0.25, -0.2) is 4.79 Å². The van der Waals surface area contributed by atoms with Gasteiger partial charge in [0.2, 0.25) is 11.8 Å². The van der Waals surface area contributed by atoms with E-state index in [1.54, 1.807) is 18.2 Å². The third-order valence-corrected chi connectivity index (χ3v) is 4.65. The van der Waals surface area contributed by atoms with Crippen molar-refractivity contribution in [1.82, 2.24) is 16.0 Å². The van der Waals surface area contributed by atoms with Crippen molar-refractivity contribution in [3.05, 3.63) is 40.8 Å². The van der Waals surface area contributed by atoms with Crippen LogP contribution in [-0.4, -0.2) is 43.0 Å². The van der Waals surface area contributed by atoms with Gasteiger partial charge in [-0.2, -0.15) is 0 Å². The summed E-state index contributed by atoms with van der Waals surface area (Å²) in [5.41, 5.74) is -0.133. The molecule has 1 aromatic heterocycles. The van der Waals surface area contributed by atoms with Crippen LogP contribution >= 0.6 is 0 Å². The summed E-state index contributed by atoms with van der Waals surface area (Å²) in [5.74, 6) is -0.935. The molecule has 0 aliphatic heterocycles. The first-order valence-corrected chi connectivity index (χ1v) is 10.2. The molecular formula is C22H29N3O6. The Balaban J connectivity index is 1.84. The monoisotopic (exact) mass is 431 g/mol. The van der Waals surface area contributed by atoms with E-state index < -0.39 is 23.5 Å². The predicted molar refractivity (Wildman–Crippen MR) is 116 cm³/mol. The van der Waals surface area contributed by atoms with Crippen molar-refractivity contribution < 1.29 is 23.5 Å². The maximum Gasteiger partial charge on any atom is 0.336 e. The minimum Gasteiger partial charge on any atom is -0.484 e. The van der Waals surface area contributed by atoms with Gasteiger partial charge in [0.1, 0.15) is 17.4 Å². The van der Waals surface area contributed by atoms with Crippen molar-refractivity contribution in [1.29, 1.82) is 0 Å². The second kappa shape index (κ2) is 11.1. The molecule has 168 valence electrons. The lowest BCUT2D eigenvalue weighted by atomic mass is 9.98. The second-order valence-corrected chi connectivity index (χ2v) is 7.61. The molecule has 0 aliphatic carbocycles. The van der Waals surface area contributed by atoms with Gasteiger partial charge in [0.25, 0.3) is 5.91 Å². The van der Waals surface area contributed by atoms with E-state index >= 15 is 0 Å². The summed E-state index contributed by atoms with van der Waals surface area (Å²) < 4.78 is 10.5. The van der Waals surface area contributed by atoms with Crippen molar-refractivity contribution in [3.63, 3.8) is 0 Å². The fourth-order valence-electron chi connectivity index (χ4n) is 2.81. The van der Waals surface area contributed by atoms with Crippen LogP contribution in [0, 0.1) is 5.92 Å². The van der Waals surface area contributed by atoms with E-state index in [2.05, 4.69) is 16.0 Å². The van der Waals surface area contributed by atoms with E-state index in [0.29, 0.717) is 17.8 Å². The molecule has 0 spiro atoms. The van der Waals surface area contributed by atoms with Gasteiger partial charge >= 0.3 is 5.63 Å². The first-order valence-electron chi connectivity index (χ1n) is 10.2. The van der Waals surface area contributed by atoms with Gasteiger partial charge in [0.05, 0.1) is 6.54 Å². The molecule has 9 heteroatoms. The molecule has 0 saturated carbocycles. The fraction of sp³-hybridized carbons (Fsp3) is 0.455. The smallest absolute Gasteiger partial charge is 0.336 e. The molecule has 1 heterocycles. The topological polar surface area (TPSA) is 127 Å². The number of amides is 3. The molecule has 0 fully saturated rings. The second-order valence-electron chi connectivity index (χ2n) is 7.61. The van der Waals surface area contributed by atoms with Gasteiger partial charge in [-0.1, -0.05) is 20.3 Å². The maximum absolute atomic E-state index is 12.3. The van der Waals surface area contributed by atoms with Crippen molar-refractivity contribution in [3.8, 4) is 5.75 Å². The first-order chi connectivity index (χ1) is 14.7. The van der Waals surface area contributed by atoms with Crippen LogP contribution in [0.2, 0.25) is 0 Å². The zero-order chi connectivity index (χ0) is 23.0. The Bertz CT molecular complexity index is 985. The molecule has 1 aromatic carbocycles. The Morgan fingerprint density at radius 2 is 1.74 bits per heavy atom. The minimum absolute atomic E-state index is 0.0454. The van der Waals surface area contributed by atoms with Crippen LogP contribution in [0.15, 0.2) is 39.5 Å². The average molecular weight is 431 g/mol. The summed E-state index contributed by atoms with van der Waals surface area (Å²) in [5, 5.41) is 8.66. The molecule has 0 saturated heterocycles. The Kier molecular flexibility index (Phi) is 8.60. The van der Waals surface area contributed by atoms with Crippen LogP contribution in [0.3, 0.4) is 0 Å². The highest BCUT2D eigenvalue weighted by molar-refractivity contribution is 5.90. The summed E-state index contributed by atoms with van der Waals surface area (Å²) >= 11 is 0. The van der Waals surface area contributed by atoms with Crippen LogP contribution in [0.4, 0.5) is 0 Å². The minimum atomic E-state index is -0.680. The molecule has 0 bridgehead atoms. The summed E-state index contributed by atoms with van der Waals surface area (Å²) in [4.78, 5) is 47.9. The Hall–Kier alpha value is -3.36. The number of carbonyl (C=O) groups is 3. The van der Waals surface area contributed by atoms with Crippen LogP contribution in [0.25, 0.3) is 11.0 Å². The molecule has 2 aromatic rings. The van der Waals surface area contributed by atoms with Gasteiger partial charge in [0.15, 0.2) is 6.61 Å². The molecule has 0 aliphatic rings. The van der Waals surface area contributed by atoms with Crippen LogP contribution in [-0.2, 0) is 14.4 Å². The van der Waals surface area contributed by atoms with E-state index in [1.807, 2.05) is 27.7 Å². The quantitative estimate of drug-likeness (QED) is 0.487. The Labute approximate surface area is 180 Å². The van der Waals surface area contributed by atoms with E-state index in [0.717, 1.165) is 5.39 Å². The van der Waals surface area contributed by atoms with Crippen LogP contribution < -0.4 is 26.3 Å². The Morgan fingerprint density at radius 1 is 1.03 bits per heavy atom. The lowest BCUT2D eigenvalue weighted by molar-refractivity contribution is -0.131. The number of rotatable bonds is 10. The van der Waals surface area contributed by atoms with Gasteiger partial charge in [-0.05, 0) is 38.0 Å². The number of hydrogen-bond acceptors (Lipinski definition) is 6. The third kappa shape index (κ3) is 7.44. The fourth-order valence-corrected chi connectivity index (χ4v) is 2.81. The van der Waals surface area contributed by atoms with Gasteiger partial charge in [-0.15, -0.1) is 0 Å². The highest BCUT2D eigenvalue weighted by Gasteiger charge is 2.26. The number of fused-ring (bicyclic) bond motifs is 1. The number of ether oxygens (including phenoxy) is 1. The lowest BCUT2D eigenvalue weighted by Crippen LogP contribution is -2.53. The predicted octanol–water partition coefficient (Wildman–Crippen LogP) is 1.34. The standard InChI is InChI=1S/C22H29N3O6/c1-5-14(4)21(22(29)24-13(2)3)25-18(26)11-23-19(27)12-30-16-8-6-15-7-9-20(28)31-17(15)10-16/h6-10,13-14,21H,5,11-12H2,1-4H3,(H,23,27)(H,24,29)(H,25,26)/t14-,21-/m0/s1. The van der Waals surface area contributed by atoms with E-state index in [4.69, 9.17) is 9.15 Å². The molecule has 3 N–H and O–H groups in total. The third-order valence-electron chi connectivity index (χ3n) is 4.65. The zero-order valence-corrected chi connectivity index (χ0v) is 18.2. The normalized spacial score (nSPS) is 12.8. The highest BCUT2D eigenvalue weighted by atomic mass is 16.5. The van der Waals surface area contributed by atoms with Crippen LogP contribution in [0.5, 0.6) is 5.75 Å². The molecule has 31 heavy (non-hydrogen) atoms. The molecule has 2 atom stereocenters.